The van der Waals surface area contributed by atoms with Crippen molar-refractivity contribution in [2.24, 2.45) is 5.16 Å². The lowest BCUT2D eigenvalue weighted by atomic mass is 10.2. The summed E-state index contributed by atoms with van der Waals surface area (Å²) in [6, 6.07) is 4.78. The molecule has 1 rings (SSSR count). The topological polar surface area (TPSA) is 77.0 Å². The van der Waals surface area contributed by atoms with E-state index in [2.05, 4.69) is 10.5 Å². The first kappa shape index (κ1) is 13.7. The summed E-state index contributed by atoms with van der Waals surface area (Å²) in [5.41, 5.74) is 0.535. The molecule has 6 nitrogen and oxygen atoms in total. The smallest absolute Gasteiger partial charge is 0.221 e. The Hall–Kier alpha value is -2.37. The number of nitrogens with zero attached hydrogens (tertiary/aromatic N) is 1. The molecule has 1 amide bonds. The van der Waals surface area contributed by atoms with Crippen LogP contribution in [-0.4, -0.2) is 25.0 Å². The largest absolute Gasteiger partial charge is 0.494 e. The standard InChI is InChI=1S/C12H14N2O4/c1-8(15)7-13-18-10-4-5-11(14-9(2)16)12(6-10)17-3/h4-7H,1-3H3,(H,14,16). The van der Waals surface area contributed by atoms with Gasteiger partial charge in [0.1, 0.15) is 12.0 Å². The minimum atomic E-state index is -0.211. The molecule has 0 aliphatic heterocycles. The fourth-order valence-corrected chi connectivity index (χ4v) is 1.18. The van der Waals surface area contributed by atoms with Crippen LogP contribution in [0.1, 0.15) is 13.8 Å². The number of carbonyl (C=O) groups excluding carboxylic acids is 2. The molecular formula is C12H14N2O4. The molecule has 1 aromatic carbocycles. The number of hydrogen-bond acceptors (Lipinski definition) is 5. The molecule has 0 fully saturated rings. The number of nitrogens with one attached hydrogen (secondary N) is 1. The number of carbonyl (C=O) groups is 2. The highest BCUT2D eigenvalue weighted by Crippen LogP contribution is 2.29. The summed E-state index contributed by atoms with van der Waals surface area (Å²) in [6.07, 6.45) is 1.06. The Bertz CT molecular complexity index is 483. The molecule has 0 aliphatic rings. The highest BCUT2D eigenvalue weighted by molar-refractivity contribution is 6.26. The molecule has 0 atom stereocenters. The van der Waals surface area contributed by atoms with Crippen LogP contribution < -0.4 is 14.9 Å². The molecule has 1 aromatic rings. The average Bonchev–Trinajstić information content (AvgIpc) is 2.29. The quantitative estimate of drug-likeness (QED) is 0.636. The Balaban J connectivity index is 2.84. The van der Waals surface area contributed by atoms with Crippen molar-refractivity contribution in [1.82, 2.24) is 0 Å². The van der Waals surface area contributed by atoms with Crippen LogP contribution in [0.15, 0.2) is 23.4 Å². The van der Waals surface area contributed by atoms with Crippen LogP contribution in [0.3, 0.4) is 0 Å². The number of ketones is 1. The number of benzene rings is 1. The number of ether oxygens (including phenoxy) is 1. The van der Waals surface area contributed by atoms with E-state index in [0.717, 1.165) is 6.21 Å². The van der Waals surface area contributed by atoms with E-state index in [1.807, 2.05) is 0 Å². The van der Waals surface area contributed by atoms with E-state index in [0.29, 0.717) is 17.2 Å². The van der Waals surface area contributed by atoms with Crippen molar-refractivity contribution in [2.45, 2.75) is 13.8 Å². The van der Waals surface area contributed by atoms with Crippen molar-refractivity contribution >= 4 is 23.6 Å². The van der Waals surface area contributed by atoms with Crippen molar-refractivity contribution in [2.75, 3.05) is 12.4 Å². The number of hydrogen-bond donors (Lipinski definition) is 1. The summed E-state index contributed by atoms with van der Waals surface area (Å²) in [4.78, 5) is 26.6. The molecular weight excluding hydrogens is 236 g/mol. The van der Waals surface area contributed by atoms with Crippen LogP contribution in [0.2, 0.25) is 0 Å². The van der Waals surface area contributed by atoms with Crippen LogP contribution >= 0.6 is 0 Å². The highest BCUT2D eigenvalue weighted by Gasteiger charge is 2.06. The van der Waals surface area contributed by atoms with E-state index in [1.165, 1.54) is 21.0 Å². The van der Waals surface area contributed by atoms with Crippen LogP contribution in [0.5, 0.6) is 11.5 Å². The third kappa shape index (κ3) is 4.25. The molecule has 18 heavy (non-hydrogen) atoms. The summed E-state index contributed by atoms with van der Waals surface area (Å²) in [5, 5.41) is 6.10. The van der Waals surface area contributed by atoms with E-state index >= 15 is 0 Å². The number of amides is 1. The average molecular weight is 250 g/mol. The molecule has 0 unspecified atom stereocenters. The zero-order valence-corrected chi connectivity index (χ0v) is 10.4. The Morgan fingerprint density at radius 3 is 2.61 bits per heavy atom. The first-order valence-electron chi connectivity index (χ1n) is 5.19. The monoisotopic (exact) mass is 250 g/mol. The number of methoxy groups -OCH3 is 1. The summed E-state index contributed by atoms with van der Waals surface area (Å²) in [7, 11) is 1.48. The molecule has 0 saturated carbocycles. The lowest BCUT2D eigenvalue weighted by Crippen LogP contribution is -2.07. The maximum Gasteiger partial charge on any atom is 0.221 e. The van der Waals surface area contributed by atoms with Gasteiger partial charge in [-0.2, -0.15) is 0 Å². The van der Waals surface area contributed by atoms with E-state index in [9.17, 15) is 9.59 Å². The van der Waals surface area contributed by atoms with Gasteiger partial charge in [0.25, 0.3) is 0 Å². The minimum absolute atomic E-state index is 0.198. The van der Waals surface area contributed by atoms with E-state index in [1.54, 1.807) is 18.2 Å². The van der Waals surface area contributed by atoms with Gasteiger partial charge in [-0.3, -0.25) is 9.59 Å². The van der Waals surface area contributed by atoms with Gasteiger partial charge >= 0.3 is 0 Å². The third-order valence-electron chi connectivity index (χ3n) is 1.88. The number of anilines is 1. The van der Waals surface area contributed by atoms with Crippen LogP contribution in [0.25, 0.3) is 0 Å². The molecule has 0 radical (unpaired) electrons. The van der Waals surface area contributed by atoms with Crippen LogP contribution in [0, 0.1) is 0 Å². The zero-order valence-electron chi connectivity index (χ0n) is 10.4. The fraction of sp³-hybridized carbons (Fsp3) is 0.250. The molecule has 0 bridgehead atoms. The van der Waals surface area contributed by atoms with Gasteiger partial charge in [-0.05, 0) is 12.1 Å². The maximum atomic E-state index is 11.0. The molecule has 0 saturated heterocycles. The number of oxime groups is 1. The minimum Gasteiger partial charge on any atom is -0.494 e. The van der Waals surface area contributed by atoms with Gasteiger partial charge in [0, 0.05) is 19.9 Å². The van der Waals surface area contributed by atoms with E-state index in [-0.39, 0.29) is 11.7 Å². The Labute approximate surface area is 105 Å². The Morgan fingerprint density at radius 1 is 1.33 bits per heavy atom. The van der Waals surface area contributed by atoms with Gasteiger partial charge < -0.3 is 14.9 Å². The lowest BCUT2D eigenvalue weighted by Gasteiger charge is -2.09. The summed E-state index contributed by atoms with van der Waals surface area (Å²) in [6.45, 7) is 2.77. The van der Waals surface area contributed by atoms with E-state index < -0.39 is 0 Å². The van der Waals surface area contributed by atoms with Gasteiger partial charge in [0.2, 0.25) is 5.91 Å². The van der Waals surface area contributed by atoms with Crippen molar-refractivity contribution in [3.05, 3.63) is 18.2 Å². The van der Waals surface area contributed by atoms with Crippen molar-refractivity contribution in [3.63, 3.8) is 0 Å². The van der Waals surface area contributed by atoms with Gasteiger partial charge in [-0.25, -0.2) is 0 Å². The summed E-state index contributed by atoms with van der Waals surface area (Å²) >= 11 is 0. The van der Waals surface area contributed by atoms with Crippen molar-refractivity contribution in [1.29, 1.82) is 0 Å². The SMILES string of the molecule is COc1cc(ON=CC(C)=O)ccc1NC(C)=O. The second-order valence-electron chi connectivity index (χ2n) is 3.48. The Kier molecular flexibility index (Phi) is 4.86. The van der Waals surface area contributed by atoms with E-state index in [4.69, 9.17) is 9.57 Å². The second kappa shape index (κ2) is 6.39. The zero-order chi connectivity index (χ0) is 13.5. The number of rotatable bonds is 5. The second-order valence-corrected chi connectivity index (χ2v) is 3.48. The lowest BCUT2D eigenvalue weighted by molar-refractivity contribution is -0.114. The van der Waals surface area contributed by atoms with Gasteiger partial charge in [0.15, 0.2) is 11.5 Å². The molecule has 0 heterocycles. The first-order valence-corrected chi connectivity index (χ1v) is 5.19. The van der Waals surface area contributed by atoms with Crippen molar-refractivity contribution in [3.8, 4) is 11.5 Å². The predicted octanol–water partition coefficient (Wildman–Crippen LogP) is 1.61. The molecule has 1 N–H and O–H groups in total. The van der Waals surface area contributed by atoms with Gasteiger partial charge in [-0.15, -0.1) is 0 Å². The summed E-state index contributed by atoms with van der Waals surface area (Å²) < 4.78 is 5.10. The van der Waals surface area contributed by atoms with Gasteiger partial charge in [-0.1, -0.05) is 5.16 Å². The van der Waals surface area contributed by atoms with Crippen LogP contribution in [-0.2, 0) is 9.59 Å². The number of Topliss-reactive ketones (excluding diaryl/α,β-unsaturated/α-hetero) is 1. The summed E-state index contributed by atoms with van der Waals surface area (Å²) in [5.74, 6) is 0.438. The molecule has 0 aromatic heterocycles. The molecule has 96 valence electrons. The third-order valence-corrected chi connectivity index (χ3v) is 1.88. The van der Waals surface area contributed by atoms with Crippen LogP contribution in [0.4, 0.5) is 5.69 Å². The van der Waals surface area contributed by atoms with Gasteiger partial charge in [0.05, 0.1) is 12.8 Å². The predicted molar refractivity (Wildman–Crippen MR) is 67.1 cm³/mol. The molecule has 6 heteroatoms. The first-order chi connectivity index (χ1) is 8.52. The van der Waals surface area contributed by atoms with Crippen molar-refractivity contribution < 1.29 is 19.2 Å². The fourth-order valence-electron chi connectivity index (χ4n) is 1.18. The molecule has 0 aliphatic carbocycles. The normalized spacial score (nSPS) is 10.2. The Morgan fingerprint density at radius 2 is 2.06 bits per heavy atom. The highest BCUT2D eigenvalue weighted by atomic mass is 16.6. The molecule has 0 spiro atoms. The maximum absolute atomic E-state index is 11.0.